The Kier molecular flexibility index (Phi) is 5.20. The second kappa shape index (κ2) is 6.25. The van der Waals surface area contributed by atoms with Crippen molar-refractivity contribution in [2.24, 2.45) is 5.14 Å². The zero-order valence-electron chi connectivity index (χ0n) is 11.7. The molecule has 0 spiro atoms. The first kappa shape index (κ1) is 15.8. The Morgan fingerprint density at radius 2 is 1.95 bits per heavy atom. The van der Waals surface area contributed by atoms with Gasteiger partial charge in [0.15, 0.2) is 0 Å². The van der Waals surface area contributed by atoms with Crippen molar-refractivity contribution < 1.29 is 8.42 Å². The van der Waals surface area contributed by atoms with E-state index in [4.69, 9.17) is 10.9 Å². The summed E-state index contributed by atoms with van der Waals surface area (Å²) in [5, 5.41) is 8.56. The van der Waals surface area contributed by atoms with Crippen LogP contribution < -0.4 is 16.2 Å². The van der Waals surface area contributed by atoms with Gasteiger partial charge in [-0.05, 0) is 37.5 Å². The molecule has 0 aliphatic rings. The van der Waals surface area contributed by atoms with Crippen LogP contribution in [0.2, 0.25) is 0 Å². The third kappa shape index (κ3) is 4.11. The third-order valence-corrected chi connectivity index (χ3v) is 4.22. The summed E-state index contributed by atoms with van der Waals surface area (Å²) in [6, 6.07) is 3.46. The van der Waals surface area contributed by atoms with E-state index in [1.54, 1.807) is 13.0 Å². The van der Waals surface area contributed by atoms with Crippen LogP contribution in [0.15, 0.2) is 17.0 Å². The minimum Gasteiger partial charge on any atom is -0.399 e. The van der Waals surface area contributed by atoms with Gasteiger partial charge in [0.25, 0.3) is 0 Å². The van der Waals surface area contributed by atoms with Gasteiger partial charge in [-0.2, -0.15) is 0 Å². The SMILES string of the molecule is CCCC(CC)Nc1cc(N)cc(S(N)(=O)=O)c1C. The van der Waals surface area contributed by atoms with Gasteiger partial charge < -0.3 is 11.1 Å². The predicted octanol–water partition coefficient (Wildman–Crippen LogP) is 2.22. The maximum atomic E-state index is 11.5. The van der Waals surface area contributed by atoms with Crippen LogP contribution >= 0.6 is 0 Å². The summed E-state index contributed by atoms with van der Waals surface area (Å²) in [6.45, 7) is 5.95. The van der Waals surface area contributed by atoms with E-state index < -0.39 is 10.0 Å². The van der Waals surface area contributed by atoms with Gasteiger partial charge in [0, 0.05) is 17.4 Å². The Hall–Kier alpha value is -1.27. The molecule has 108 valence electrons. The lowest BCUT2D eigenvalue weighted by Gasteiger charge is -2.20. The van der Waals surface area contributed by atoms with Crippen LogP contribution in [-0.4, -0.2) is 14.5 Å². The lowest BCUT2D eigenvalue weighted by Crippen LogP contribution is -2.20. The first-order chi connectivity index (χ1) is 8.79. The van der Waals surface area contributed by atoms with E-state index in [0.717, 1.165) is 24.9 Å². The Bertz CT molecular complexity index is 541. The highest BCUT2D eigenvalue weighted by Gasteiger charge is 2.16. The Morgan fingerprint density at radius 1 is 1.32 bits per heavy atom. The molecule has 0 bridgehead atoms. The summed E-state index contributed by atoms with van der Waals surface area (Å²) in [4.78, 5) is 0.0846. The van der Waals surface area contributed by atoms with Crippen molar-refractivity contribution in [1.82, 2.24) is 0 Å². The maximum absolute atomic E-state index is 11.5. The summed E-state index contributed by atoms with van der Waals surface area (Å²) in [5.74, 6) is 0. The molecule has 5 nitrogen and oxygen atoms in total. The molecular formula is C13H23N3O2S. The summed E-state index contributed by atoms with van der Waals surface area (Å²) in [7, 11) is -3.75. The second-order valence-electron chi connectivity index (χ2n) is 4.77. The van der Waals surface area contributed by atoms with Crippen molar-refractivity contribution in [2.45, 2.75) is 51.0 Å². The van der Waals surface area contributed by atoms with E-state index in [0.29, 0.717) is 17.3 Å². The molecule has 5 N–H and O–H groups in total. The van der Waals surface area contributed by atoms with Gasteiger partial charge in [0.1, 0.15) is 0 Å². The number of nitrogens with two attached hydrogens (primary N) is 2. The highest BCUT2D eigenvalue weighted by molar-refractivity contribution is 7.89. The summed E-state index contributed by atoms with van der Waals surface area (Å²) in [5.41, 5.74) is 7.51. The fourth-order valence-corrected chi connectivity index (χ4v) is 2.94. The third-order valence-electron chi connectivity index (χ3n) is 3.18. The molecule has 6 heteroatoms. The standard InChI is InChI=1S/C13H23N3O2S/c1-4-6-11(5-2)16-12-7-10(14)8-13(9(12)3)19(15,17)18/h7-8,11,16H,4-6,14H2,1-3H3,(H2,15,17,18). The lowest BCUT2D eigenvalue weighted by atomic mass is 10.1. The molecule has 0 saturated carbocycles. The van der Waals surface area contributed by atoms with Crippen LogP contribution in [0.5, 0.6) is 0 Å². The fourth-order valence-electron chi connectivity index (χ4n) is 2.10. The van der Waals surface area contributed by atoms with Gasteiger partial charge >= 0.3 is 0 Å². The molecule has 1 atom stereocenters. The average molecular weight is 285 g/mol. The van der Waals surface area contributed by atoms with Gasteiger partial charge in [-0.15, -0.1) is 0 Å². The molecule has 0 fully saturated rings. The van der Waals surface area contributed by atoms with Crippen LogP contribution in [0, 0.1) is 6.92 Å². The fraction of sp³-hybridized carbons (Fsp3) is 0.538. The zero-order chi connectivity index (χ0) is 14.6. The van der Waals surface area contributed by atoms with E-state index in [1.807, 2.05) is 0 Å². The Morgan fingerprint density at radius 3 is 2.42 bits per heavy atom. The Labute approximate surface area is 115 Å². The Balaban J connectivity index is 3.18. The van der Waals surface area contributed by atoms with E-state index in [9.17, 15) is 8.42 Å². The number of primary sulfonamides is 1. The molecule has 1 aromatic rings. The summed E-state index contributed by atoms with van der Waals surface area (Å²) >= 11 is 0. The van der Waals surface area contributed by atoms with Crippen molar-refractivity contribution in [3.63, 3.8) is 0 Å². The number of hydrogen-bond donors (Lipinski definition) is 3. The summed E-state index contributed by atoms with van der Waals surface area (Å²) in [6.07, 6.45) is 3.05. The van der Waals surface area contributed by atoms with E-state index in [1.165, 1.54) is 6.07 Å². The van der Waals surface area contributed by atoms with Crippen molar-refractivity contribution in [1.29, 1.82) is 0 Å². The minimum absolute atomic E-state index is 0.0846. The van der Waals surface area contributed by atoms with E-state index in [2.05, 4.69) is 19.2 Å². The highest BCUT2D eigenvalue weighted by atomic mass is 32.2. The van der Waals surface area contributed by atoms with Crippen molar-refractivity contribution >= 4 is 21.4 Å². The van der Waals surface area contributed by atoms with Gasteiger partial charge in [-0.1, -0.05) is 20.3 Å². The smallest absolute Gasteiger partial charge is 0.238 e. The zero-order valence-corrected chi connectivity index (χ0v) is 12.5. The van der Waals surface area contributed by atoms with Crippen LogP contribution in [0.25, 0.3) is 0 Å². The predicted molar refractivity (Wildman–Crippen MR) is 79.6 cm³/mol. The van der Waals surface area contributed by atoms with Gasteiger partial charge in [-0.25, -0.2) is 13.6 Å². The largest absolute Gasteiger partial charge is 0.399 e. The number of anilines is 2. The van der Waals surface area contributed by atoms with Crippen molar-refractivity contribution in [3.05, 3.63) is 17.7 Å². The normalized spacial score (nSPS) is 13.3. The molecule has 1 aromatic carbocycles. The van der Waals surface area contributed by atoms with E-state index >= 15 is 0 Å². The number of rotatable bonds is 6. The minimum atomic E-state index is -3.75. The average Bonchev–Trinajstić information content (AvgIpc) is 2.31. The molecule has 19 heavy (non-hydrogen) atoms. The first-order valence-corrected chi connectivity index (χ1v) is 8.03. The summed E-state index contributed by atoms with van der Waals surface area (Å²) < 4.78 is 23.1. The van der Waals surface area contributed by atoms with Gasteiger partial charge in [0.2, 0.25) is 10.0 Å². The lowest BCUT2D eigenvalue weighted by molar-refractivity contribution is 0.597. The number of sulfonamides is 1. The van der Waals surface area contributed by atoms with Gasteiger partial charge in [0.05, 0.1) is 4.90 Å². The molecule has 0 radical (unpaired) electrons. The monoisotopic (exact) mass is 285 g/mol. The molecule has 1 unspecified atom stereocenters. The number of nitrogens with one attached hydrogen (secondary N) is 1. The van der Waals surface area contributed by atoms with Crippen LogP contribution in [0.1, 0.15) is 38.7 Å². The second-order valence-corrected chi connectivity index (χ2v) is 6.30. The number of nitrogen functional groups attached to an aromatic ring is 1. The number of benzene rings is 1. The van der Waals surface area contributed by atoms with Gasteiger partial charge in [-0.3, -0.25) is 0 Å². The molecule has 0 aliphatic heterocycles. The molecule has 0 amide bonds. The molecule has 0 aliphatic carbocycles. The molecule has 0 heterocycles. The molecule has 0 aromatic heterocycles. The molecule has 0 saturated heterocycles. The maximum Gasteiger partial charge on any atom is 0.238 e. The first-order valence-electron chi connectivity index (χ1n) is 6.49. The number of hydrogen-bond acceptors (Lipinski definition) is 4. The van der Waals surface area contributed by atoms with E-state index in [-0.39, 0.29) is 4.90 Å². The van der Waals surface area contributed by atoms with Crippen LogP contribution in [0.3, 0.4) is 0 Å². The van der Waals surface area contributed by atoms with Crippen LogP contribution in [-0.2, 0) is 10.0 Å². The van der Waals surface area contributed by atoms with Crippen LogP contribution in [0.4, 0.5) is 11.4 Å². The quantitative estimate of drug-likeness (QED) is 0.698. The molecular weight excluding hydrogens is 262 g/mol. The highest BCUT2D eigenvalue weighted by Crippen LogP contribution is 2.27. The van der Waals surface area contributed by atoms with Crippen molar-refractivity contribution in [3.8, 4) is 0 Å². The van der Waals surface area contributed by atoms with Crippen molar-refractivity contribution in [2.75, 3.05) is 11.1 Å². The topological polar surface area (TPSA) is 98.2 Å². The molecule has 1 rings (SSSR count).